The lowest BCUT2D eigenvalue weighted by molar-refractivity contribution is 0.340. The zero-order valence-corrected chi connectivity index (χ0v) is 9.14. The Balaban J connectivity index is 2.38. The molecule has 0 bridgehead atoms. The lowest BCUT2D eigenvalue weighted by atomic mass is 10.1. The van der Waals surface area contributed by atoms with Crippen molar-refractivity contribution in [1.82, 2.24) is 4.98 Å². The fourth-order valence-electron chi connectivity index (χ4n) is 1.48. The van der Waals surface area contributed by atoms with Gasteiger partial charge in [0.25, 0.3) is 0 Å². The fourth-order valence-corrected chi connectivity index (χ4v) is 1.48. The van der Waals surface area contributed by atoms with E-state index in [4.69, 9.17) is 14.9 Å². The minimum absolute atomic E-state index is 0.302. The van der Waals surface area contributed by atoms with E-state index in [1.54, 1.807) is 6.20 Å². The quantitative estimate of drug-likeness (QED) is 0.854. The average Bonchev–Trinajstić information content (AvgIpc) is 2.79. The molecule has 0 amide bonds. The molecule has 0 aliphatic carbocycles. The summed E-state index contributed by atoms with van der Waals surface area (Å²) in [5.74, 6) is 2.01. The van der Waals surface area contributed by atoms with Crippen molar-refractivity contribution in [3.63, 3.8) is 0 Å². The van der Waals surface area contributed by atoms with E-state index in [1.807, 2.05) is 31.2 Å². The number of para-hydroxylation sites is 1. The highest BCUT2D eigenvalue weighted by molar-refractivity contribution is 5.64. The van der Waals surface area contributed by atoms with Crippen LogP contribution in [0, 0.1) is 0 Å². The summed E-state index contributed by atoms with van der Waals surface area (Å²) >= 11 is 0. The van der Waals surface area contributed by atoms with Crippen molar-refractivity contribution in [1.29, 1.82) is 0 Å². The van der Waals surface area contributed by atoms with Crippen LogP contribution in [0.2, 0.25) is 0 Å². The van der Waals surface area contributed by atoms with Crippen molar-refractivity contribution in [3.8, 4) is 17.1 Å². The second kappa shape index (κ2) is 4.81. The van der Waals surface area contributed by atoms with Gasteiger partial charge < -0.3 is 14.9 Å². The largest absolute Gasteiger partial charge is 0.493 e. The van der Waals surface area contributed by atoms with Crippen LogP contribution in [0.3, 0.4) is 0 Å². The van der Waals surface area contributed by atoms with Gasteiger partial charge in [-0.3, -0.25) is 0 Å². The SMILES string of the molecule is CCOc1ccccc1-c1cnc(CN)o1. The van der Waals surface area contributed by atoms with Crippen LogP contribution in [0.1, 0.15) is 12.8 Å². The molecule has 2 aromatic rings. The summed E-state index contributed by atoms with van der Waals surface area (Å²) in [6.45, 7) is 2.87. The van der Waals surface area contributed by atoms with Gasteiger partial charge in [-0.2, -0.15) is 0 Å². The van der Waals surface area contributed by atoms with Gasteiger partial charge in [0, 0.05) is 0 Å². The summed E-state index contributed by atoms with van der Waals surface area (Å²) in [5, 5.41) is 0. The molecular weight excluding hydrogens is 204 g/mol. The predicted octanol–water partition coefficient (Wildman–Crippen LogP) is 2.20. The molecule has 1 aromatic carbocycles. The lowest BCUT2D eigenvalue weighted by Gasteiger charge is -2.06. The van der Waals surface area contributed by atoms with Crippen LogP contribution in [0.4, 0.5) is 0 Å². The average molecular weight is 218 g/mol. The Kier molecular flexibility index (Phi) is 3.22. The van der Waals surface area contributed by atoms with Gasteiger partial charge in [0.15, 0.2) is 5.76 Å². The van der Waals surface area contributed by atoms with Gasteiger partial charge in [-0.05, 0) is 19.1 Å². The third-order valence-corrected chi connectivity index (χ3v) is 2.18. The Morgan fingerprint density at radius 1 is 1.38 bits per heavy atom. The van der Waals surface area contributed by atoms with E-state index in [-0.39, 0.29) is 0 Å². The van der Waals surface area contributed by atoms with Crippen molar-refractivity contribution in [3.05, 3.63) is 36.4 Å². The van der Waals surface area contributed by atoms with Crippen molar-refractivity contribution in [2.24, 2.45) is 5.73 Å². The molecule has 0 saturated carbocycles. The Morgan fingerprint density at radius 3 is 2.88 bits per heavy atom. The summed E-state index contributed by atoms with van der Waals surface area (Å²) in [7, 11) is 0. The summed E-state index contributed by atoms with van der Waals surface area (Å²) in [6, 6.07) is 7.70. The number of nitrogens with zero attached hydrogens (tertiary/aromatic N) is 1. The Bertz CT molecular complexity index is 466. The van der Waals surface area contributed by atoms with Crippen LogP contribution in [-0.2, 0) is 6.54 Å². The molecule has 16 heavy (non-hydrogen) atoms. The summed E-state index contributed by atoms with van der Waals surface area (Å²) in [4.78, 5) is 4.07. The van der Waals surface area contributed by atoms with Gasteiger partial charge in [-0.15, -0.1) is 0 Å². The van der Waals surface area contributed by atoms with Gasteiger partial charge in [-0.1, -0.05) is 12.1 Å². The van der Waals surface area contributed by atoms with Crippen molar-refractivity contribution in [2.45, 2.75) is 13.5 Å². The van der Waals surface area contributed by atoms with Gasteiger partial charge in [0.1, 0.15) is 5.75 Å². The first-order valence-corrected chi connectivity index (χ1v) is 5.22. The van der Waals surface area contributed by atoms with E-state index < -0.39 is 0 Å². The standard InChI is InChI=1S/C12H14N2O2/c1-2-15-10-6-4-3-5-9(10)11-8-14-12(7-13)16-11/h3-6,8H,2,7,13H2,1H3. The second-order valence-electron chi connectivity index (χ2n) is 3.25. The molecule has 0 atom stereocenters. The first-order valence-electron chi connectivity index (χ1n) is 5.22. The molecular formula is C12H14N2O2. The number of hydrogen-bond acceptors (Lipinski definition) is 4. The first kappa shape index (κ1) is 10.7. The minimum atomic E-state index is 0.302. The van der Waals surface area contributed by atoms with Crippen LogP contribution in [0.15, 0.2) is 34.9 Å². The molecule has 1 heterocycles. The molecule has 4 heteroatoms. The smallest absolute Gasteiger partial charge is 0.208 e. The topological polar surface area (TPSA) is 61.3 Å². The highest BCUT2D eigenvalue weighted by Gasteiger charge is 2.10. The molecule has 0 radical (unpaired) electrons. The summed E-state index contributed by atoms with van der Waals surface area (Å²) in [6.07, 6.45) is 1.67. The van der Waals surface area contributed by atoms with Crippen LogP contribution in [0.25, 0.3) is 11.3 Å². The van der Waals surface area contributed by atoms with Crippen LogP contribution >= 0.6 is 0 Å². The maximum absolute atomic E-state index is 5.52. The Labute approximate surface area is 94.1 Å². The van der Waals surface area contributed by atoms with Gasteiger partial charge in [0.05, 0.1) is 24.9 Å². The number of hydrogen-bond donors (Lipinski definition) is 1. The van der Waals surface area contributed by atoms with Crippen molar-refractivity contribution >= 4 is 0 Å². The van der Waals surface area contributed by atoms with Crippen molar-refractivity contribution in [2.75, 3.05) is 6.61 Å². The molecule has 2 rings (SSSR count). The highest BCUT2D eigenvalue weighted by atomic mass is 16.5. The maximum Gasteiger partial charge on any atom is 0.208 e. The molecule has 2 N–H and O–H groups in total. The molecule has 0 fully saturated rings. The van der Waals surface area contributed by atoms with Gasteiger partial charge >= 0.3 is 0 Å². The maximum atomic E-state index is 5.52. The van der Waals surface area contributed by atoms with E-state index in [9.17, 15) is 0 Å². The van der Waals surface area contributed by atoms with E-state index in [1.165, 1.54) is 0 Å². The molecule has 0 saturated heterocycles. The lowest BCUT2D eigenvalue weighted by Crippen LogP contribution is -1.95. The van der Waals surface area contributed by atoms with Gasteiger partial charge in [-0.25, -0.2) is 4.98 Å². The number of ether oxygens (including phenoxy) is 1. The Hall–Kier alpha value is -1.81. The normalized spacial score (nSPS) is 10.4. The molecule has 84 valence electrons. The number of benzene rings is 1. The number of aromatic nitrogens is 1. The highest BCUT2D eigenvalue weighted by Crippen LogP contribution is 2.30. The third kappa shape index (κ3) is 2.06. The molecule has 0 aliphatic heterocycles. The predicted molar refractivity (Wildman–Crippen MR) is 61.0 cm³/mol. The Morgan fingerprint density at radius 2 is 2.19 bits per heavy atom. The van der Waals surface area contributed by atoms with E-state index in [0.717, 1.165) is 11.3 Å². The molecule has 4 nitrogen and oxygen atoms in total. The molecule has 0 aliphatic rings. The molecule has 0 unspecified atom stereocenters. The second-order valence-corrected chi connectivity index (χ2v) is 3.25. The number of rotatable bonds is 4. The number of oxazole rings is 1. The summed E-state index contributed by atoms with van der Waals surface area (Å²) < 4.78 is 11.0. The fraction of sp³-hybridized carbons (Fsp3) is 0.250. The summed E-state index contributed by atoms with van der Waals surface area (Å²) in [5.41, 5.74) is 6.35. The van der Waals surface area contributed by atoms with Crippen LogP contribution < -0.4 is 10.5 Å². The van der Waals surface area contributed by atoms with E-state index in [0.29, 0.717) is 24.8 Å². The molecule has 0 spiro atoms. The van der Waals surface area contributed by atoms with Crippen LogP contribution in [-0.4, -0.2) is 11.6 Å². The van der Waals surface area contributed by atoms with Crippen LogP contribution in [0.5, 0.6) is 5.75 Å². The van der Waals surface area contributed by atoms with Crippen molar-refractivity contribution < 1.29 is 9.15 Å². The zero-order valence-electron chi connectivity index (χ0n) is 9.14. The van der Waals surface area contributed by atoms with Gasteiger partial charge in [0.2, 0.25) is 5.89 Å². The minimum Gasteiger partial charge on any atom is -0.493 e. The van der Waals surface area contributed by atoms with E-state index in [2.05, 4.69) is 4.98 Å². The molecule has 1 aromatic heterocycles. The monoisotopic (exact) mass is 218 g/mol. The van der Waals surface area contributed by atoms with E-state index >= 15 is 0 Å². The first-order chi connectivity index (χ1) is 7.85. The third-order valence-electron chi connectivity index (χ3n) is 2.18. The zero-order chi connectivity index (χ0) is 11.4. The number of nitrogens with two attached hydrogens (primary N) is 1.